The van der Waals surface area contributed by atoms with Gasteiger partial charge in [-0.1, -0.05) is 23.8 Å². The van der Waals surface area contributed by atoms with E-state index in [1.165, 1.54) is 6.20 Å². The van der Waals surface area contributed by atoms with Gasteiger partial charge in [0.2, 0.25) is 0 Å². The lowest BCUT2D eigenvalue weighted by molar-refractivity contribution is -0.141. The predicted octanol–water partition coefficient (Wildman–Crippen LogP) is 2.83. The molecule has 1 aromatic carbocycles. The standard InChI is InChI=1S/C12H10F3N3S/c1-7-2-3-9(8(6-7)11(16)19)18-5-4-10(17-18)12(13,14)15/h2-6H,1H3,(H2,16,19). The topological polar surface area (TPSA) is 43.8 Å². The third kappa shape index (κ3) is 2.76. The second-order valence-electron chi connectivity index (χ2n) is 4.03. The number of nitrogens with two attached hydrogens (primary N) is 1. The summed E-state index contributed by atoms with van der Waals surface area (Å²) < 4.78 is 38.7. The van der Waals surface area contributed by atoms with Gasteiger partial charge in [-0.05, 0) is 25.1 Å². The molecule has 2 rings (SSSR count). The van der Waals surface area contributed by atoms with Gasteiger partial charge in [0, 0.05) is 11.8 Å². The van der Waals surface area contributed by atoms with Crippen molar-refractivity contribution in [3.8, 4) is 5.69 Å². The maximum absolute atomic E-state index is 12.5. The maximum atomic E-state index is 12.5. The summed E-state index contributed by atoms with van der Waals surface area (Å²) in [5.74, 6) is 0. The van der Waals surface area contributed by atoms with Crippen molar-refractivity contribution in [3.63, 3.8) is 0 Å². The van der Waals surface area contributed by atoms with Gasteiger partial charge < -0.3 is 5.73 Å². The van der Waals surface area contributed by atoms with Crippen LogP contribution in [-0.4, -0.2) is 14.8 Å². The average Bonchev–Trinajstić information content (AvgIpc) is 2.77. The summed E-state index contributed by atoms with van der Waals surface area (Å²) in [5, 5.41) is 3.50. The normalized spacial score (nSPS) is 11.6. The minimum Gasteiger partial charge on any atom is -0.389 e. The van der Waals surface area contributed by atoms with Crippen molar-refractivity contribution in [3.05, 3.63) is 47.3 Å². The van der Waals surface area contributed by atoms with Gasteiger partial charge in [-0.2, -0.15) is 18.3 Å². The zero-order valence-electron chi connectivity index (χ0n) is 9.90. The number of halogens is 3. The third-order valence-corrected chi connectivity index (χ3v) is 2.76. The maximum Gasteiger partial charge on any atom is 0.435 e. The number of rotatable bonds is 2. The molecule has 0 saturated carbocycles. The first kappa shape index (κ1) is 13.5. The highest BCUT2D eigenvalue weighted by Gasteiger charge is 2.33. The van der Waals surface area contributed by atoms with Crippen molar-refractivity contribution in [2.24, 2.45) is 5.73 Å². The molecule has 0 unspecified atom stereocenters. The Hall–Kier alpha value is -1.89. The third-order valence-electron chi connectivity index (χ3n) is 2.54. The van der Waals surface area contributed by atoms with E-state index in [2.05, 4.69) is 5.10 Å². The van der Waals surface area contributed by atoms with E-state index in [1.807, 2.05) is 6.92 Å². The largest absolute Gasteiger partial charge is 0.435 e. The molecule has 1 aromatic heterocycles. The van der Waals surface area contributed by atoms with Crippen LogP contribution in [0.25, 0.3) is 5.69 Å². The molecule has 2 N–H and O–H groups in total. The van der Waals surface area contributed by atoms with Crippen LogP contribution in [0.5, 0.6) is 0 Å². The molecular formula is C12H10F3N3S. The Bertz CT molecular complexity index is 631. The predicted molar refractivity (Wildman–Crippen MR) is 69.2 cm³/mol. The fourth-order valence-corrected chi connectivity index (χ4v) is 1.82. The molecule has 0 saturated heterocycles. The van der Waals surface area contributed by atoms with Gasteiger partial charge in [0.25, 0.3) is 0 Å². The quantitative estimate of drug-likeness (QED) is 0.863. The molecule has 0 spiro atoms. The van der Waals surface area contributed by atoms with E-state index in [0.717, 1.165) is 16.3 Å². The first-order chi connectivity index (χ1) is 8.79. The first-order valence-electron chi connectivity index (χ1n) is 5.33. The van der Waals surface area contributed by atoms with Gasteiger partial charge in [0.05, 0.1) is 5.69 Å². The number of hydrogen-bond acceptors (Lipinski definition) is 2. The Balaban J connectivity index is 2.53. The molecule has 0 aliphatic rings. The zero-order valence-corrected chi connectivity index (χ0v) is 10.7. The number of nitrogens with zero attached hydrogens (tertiary/aromatic N) is 2. The average molecular weight is 285 g/mol. The summed E-state index contributed by atoms with van der Waals surface area (Å²) in [6.45, 7) is 1.84. The molecule has 7 heteroatoms. The van der Waals surface area contributed by atoms with Gasteiger partial charge in [-0.3, -0.25) is 0 Å². The van der Waals surface area contributed by atoms with Crippen molar-refractivity contribution in [1.82, 2.24) is 9.78 Å². The molecule has 2 aromatic rings. The van der Waals surface area contributed by atoms with E-state index >= 15 is 0 Å². The molecule has 0 amide bonds. The summed E-state index contributed by atoms with van der Waals surface area (Å²) in [6, 6.07) is 6.01. The lowest BCUT2D eigenvalue weighted by atomic mass is 10.1. The van der Waals surface area contributed by atoms with Crippen molar-refractivity contribution >= 4 is 17.2 Å². The molecule has 0 bridgehead atoms. The second kappa shape index (κ2) is 4.65. The Labute approximate surface area is 112 Å². The van der Waals surface area contributed by atoms with E-state index in [4.69, 9.17) is 18.0 Å². The molecule has 0 fully saturated rings. The molecule has 0 atom stereocenters. The number of hydrogen-bond donors (Lipinski definition) is 1. The van der Waals surface area contributed by atoms with Gasteiger partial charge in [-0.15, -0.1) is 0 Å². The molecule has 0 aliphatic heterocycles. The van der Waals surface area contributed by atoms with Crippen LogP contribution in [0.15, 0.2) is 30.5 Å². The zero-order chi connectivity index (χ0) is 14.2. The van der Waals surface area contributed by atoms with Gasteiger partial charge in [-0.25, -0.2) is 4.68 Å². The number of aromatic nitrogens is 2. The SMILES string of the molecule is Cc1ccc(-n2ccc(C(F)(F)F)n2)c(C(N)=S)c1. The number of alkyl halides is 3. The number of aryl methyl sites for hydroxylation is 1. The summed E-state index contributed by atoms with van der Waals surface area (Å²) in [6.07, 6.45) is -3.24. The monoisotopic (exact) mass is 285 g/mol. The van der Waals surface area contributed by atoms with Crippen LogP contribution >= 0.6 is 12.2 Å². The second-order valence-corrected chi connectivity index (χ2v) is 4.47. The van der Waals surface area contributed by atoms with Crippen LogP contribution in [0.1, 0.15) is 16.8 Å². The highest BCUT2D eigenvalue weighted by molar-refractivity contribution is 7.80. The Kier molecular flexibility index (Phi) is 3.32. The van der Waals surface area contributed by atoms with Crippen molar-refractivity contribution in [1.29, 1.82) is 0 Å². The van der Waals surface area contributed by atoms with Gasteiger partial charge in [0.15, 0.2) is 5.69 Å². The van der Waals surface area contributed by atoms with Crippen LogP contribution in [0.3, 0.4) is 0 Å². The Morgan fingerprint density at radius 2 is 2.00 bits per heavy atom. The van der Waals surface area contributed by atoms with E-state index in [9.17, 15) is 13.2 Å². The molecule has 100 valence electrons. The molecule has 1 heterocycles. The van der Waals surface area contributed by atoms with Gasteiger partial charge in [0.1, 0.15) is 4.99 Å². The molecule has 0 aliphatic carbocycles. The number of thiocarbonyl (C=S) groups is 1. The van der Waals surface area contributed by atoms with Crippen LogP contribution in [0.2, 0.25) is 0 Å². The number of benzene rings is 1. The Morgan fingerprint density at radius 3 is 2.53 bits per heavy atom. The summed E-state index contributed by atoms with van der Waals surface area (Å²) in [7, 11) is 0. The Morgan fingerprint density at radius 1 is 1.32 bits per heavy atom. The lowest BCUT2D eigenvalue weighted by Gasteiger charge is -2.09. The minimum atomic E-state index is -4.47. The fourth-order valence-electron chi connectivity index (χ4n) is 1.66. The van der Waals surface area contributed by atoms with Crippen LogP contribution in [-0.2, 0) is 6.18 Å². The van der Waals surface area contributed by atoms with E-state index < -0.39 is 11.9 Å². The van der Waals surface area contributed by atoms with Gasteiger partial charge >= 0.3 is 6.18 Å². The van der Waals surface area contributed by atoms with Crippen LogP contribution in [0.4, 0.5) is 13.2 Å². The molecule has 0 radical (unpaired) electrons. The summed E-state index contributed by atoms with van der Waals surface area (Å²) in [4.78, 5) is 0.114. The molecular weight excluding hydrogens is 275 g/mol. The van der Waals surface area contributed by atoms with Crippen LogP contribution < -0.4 is 5.73 Å². The van der Waals surface area contributed by atoms with Crippen molar-refractivity contribution < 1.29 is 13.2 Å². The molecule has 3 nitrogen and oxygen atoms in total. The fraction of sp³-hybridized carbons (Fsp3) is 0.167. The highest BCUT2D eigenvalue weighted by atomic mass is 32.1. The summed E-state index contributed by atoms with van der Waals surface area (Å²) in [5.41, 5.74) is 6.45. The van der Waals surface area contributed by atoms with Crippen molar-refractivity contribution in [2.45, 2.75) is 13.1 Å². The van der Waals surface area contributed by atoms with Crippen LogP contribution in [0, 0.1) is 6.92 Å². The van der Waals surface area contributed by atoms with E-state index in [1.54, 1.807) is 18.2 Å². The smallest absolute Gasteiger partial charge is 0.389 e. The first-order valence-corrected chi connectivity index (χ1v) is 5.73. The molecule has 19 heavy (non-hydrogen) atoms. The lowest BCUT2D eigenvalue weighted by Crippen LogP contribution is -2.14. The highest BCUT2D eigenvalue weighted by Crippen LogP contribution is 2.28. The van der Waals surface area contributed by atoms with Crippen molar-refractivity contribution in [2.75, 3.05) is 0 Å². The van der Waals surface area contributed by atoms with E-state index in [-0.39, 0.29) is 4.99 Å². The summed E-state index contributed by atoms with van der Waals surface area (Å²) >= 11 is 4.90. The minimum absolute atomic E-state index is 0.114. The van der Waals surface area contributed by atoms with E-state index in [0.29, 0.717) is 11.3 Å².